The van der Waals surface area contributed by atoms with E-state index in [-0.39, 0.29) is 17.7 Å². The number of amides is 2. The maximum atomic E-state index is 14.0. The summed E-state index contributed by atoms with van der Waals surface area (Å²) in [6.07, 6.45) is 2.03. The molecule has 4 atom stereocenters. The number of anilines is 1. The first-order valence-corrected chi connectivity index (χ1v) is 13.0. The van der Waals surface area contributed by atoms with Gasteiger partial charge in [0.1, 0.15) is 5.75 Å². The highest BCUT2D eigenvalue weighted by Gasteiger charge is 2.60. The molecule has 0 saturated carbocycles. The van der Waals surface area contributed by atoms with Crippen molar-refractivity contribution < 1.29 is 19.1 Å². The van der Waals surface area contributed by atoms with Gasteiger partial charge in [-0.2, -0.15) is 0 Å². The molecule has 5 nitrogen and oxygen atoms in total. The Morgan fingerprint density at radius 2 is 1.43 bits per heavy atom. The highest BCUT2D eigenvalue weighted by Crippen LogP contribution is 2.55. The van der Waals surface area contributed by atoms with E-state index in [0.717, 1.165) is 31.9 Å². The third-order valence-corrected chi connectivity index (χ3v) is 8.28. The molecule has 6 heteroatoms. The van der Waals surface area contributed by atoms with E-state index < -0.39 is 23.7 Å². The summed E-state index contributed by atoms with van der Waals surface area (Å²) in [5.41, 5.74) is 3.01. The number of carbonyl (C=O) groups excluding carboxylic acids is 3. The number of hydrogen-bond donors (Lipinski definition) is 0. The molecule has 0 bridgehead atoms. The van der Waals surface area contributed by atoms with Crippen LogP contribution < -0.4 is 9.64 Å². The Labute approximate surface area is 221 Å². The molecule has 1 aliphatic carbocycles. The Hall–Kier alpha value is -4.03. The molecule has 0 unspecified atom stereocenters. The summed E-state index contributed by atoms with van der Waals surface area (Å²) in [6, 6.07) is 28.5. The van der Waals surface area contributed by atoms with Crippen molar-refractivity contribution in [2.75, 3.05) is 4.90 Å². The number of imide groups is 1. The number of ether oxygens (including phenoxy) is 1. The predicted molar refractivity (Wildman–Crippen MR) is 144 cm³/mol. The summed E-state index contributed by atoms with van der Waals surface area (Å²) in [6.45, 7) is 0. The molecule has 0 N–H and O–H groups in total. The van der Waals surface area contributed by atoms with Crippen LogP contribution in [0.2, 0.25) is 0 Å². The second-order valence-corrected chi connectivity index (χ2v) is 10.6. The van der Waals surface area contributed by atoms with Gasteiger partial charge >= 0.3 is 5.97 Å². The van der Waals surface area contributed by atoms with Crippen molar-refractivity contribution in [3.8, 4) is 5.75 Å². The van der Waals surface area contributed by atoms with Gasteiger partial charge in [0.2, 0.25) is 11.8 Å². The molecule has 2 heterocycles. The lowest BCUT2D eigenvalue weighted by molar-refractivity contribution is -0.142. The maximum absolute atomic E-state index is 14.0. The number of esters is 1. The standard InChI is InChI=1S/C31H20BrNO4/c32-19-11-13-20(14-12-19)33-29(34)26-22(17-6-2-1-3-7-17)16-23-25-21-9-5-4-8-18(21)10-15-24(25)37-31(36)27(23)28(26)30(33)35/h1-16,22,26-28H/t22-,26+,27+,28-/m1/s1. The van der Waals surface area contributed by atoms with E-state index in [1.54, 1.807) is 24.3 Å². The van der Waals surface area contributed by atoms with Crippen LogP contribution >= 0.6 is 15.9 Å². The number of hydrogen-bond acceptors (Lipinski definition) is 4. The van der Waals surface area contributed by atoms with Crippen LogP contribution in [0.3, 0.4) is 0 Å². The van der Waals surface area contributed by atoms with Gasteiger partial charge in [0, 0.05) is 16.0 Å². The third-order valence-electron chi connectivity index (χ3n) is 7.75. The van der Waals surface area contributed by atoms with Gasteiger partial charge in [0.05, 0.1) is 23.4 Å². The molecule has 2 aliphatic heterocycles. The second-order valence-electron chi connectivity index (χ2n) is 9.66. The van der Waals surface area contributed by atoms with Crippen molar-refractivity contribution in [1.29, 1.82) is 0 Å². The van der Waals surface area contributed by atoms with Crippen LogP contribution in [0.4, 0.5) is 5.69 Å². The van der Waals surface area contributed by atoms with Gasteiger partial charge in [-0.15, -0.1) is 0 Å². The molecule has 180 valence electrons. The van der Waals surface area contributed by atoms with Gasteiger partial charge in [0.25, 0.3) is 0 Å². The summed E-state index contributed by atoms with van der Waals surface area (Å²) >= 11 is 3.42. The third kappa shape index (κ3) is 3.25. The molecule has 7 rings (SSSR count). The van der Waals surface area contributed by atoms with E-state index in [1.165, 1.54) is 4.90 Å². The molecule has 37 heavy (non-hydrogen) atoms. The minimum atomic E-state index is -0.861. The first kappa shape index (κ1) is 22.2. The van der Waals surface area contributed by atoms with E-state index in [2.05, 4.69) is 15.9 Å². The van der Waals surface area contributed by atoms with Gasteiger partial charge < -0.3 is 4.74 Å². The predicted octanol–water partition coefficient (Wildman–Crippen LogP) is 6.12. The van der Waals surface area contributed by atoms with Gasteiger partial charge in [-0.05, 0) is 52.2 Å². The second kappa shape index (κ2) is 8.25. The Morgan fingerprint density at radius 3 is 2.22 bits per heavy atom. The van der Waals surface area contributed by atoms with Crippen LogP contribution in [0.5, 0.6) is 5.75 Å². The zero-order chi connectivity index (χ0) is 25.3. The van der Waals surface area contributed by atoms with Gasteiger partial charge in [-0.25, -0.2) is 4.90 Å². The van der Waals surface area contributed by atoms with E-state index in [4.69, 9.17) is 4.74 Å². The molecule has 0 aromatic heterocycles. The lowest BCUT2D eigenvalue weighted by Crippen LogP contribution is -2.42. The molecule has 2 amide bonds. The summed E-state index contributed by atoms with van der Waals surface area (Å²) in [5, 5.41) is 1.97. The summed E-state index contributed by atoms with van der Waals surface area (Å²) in [5.74, 6) is -3.47. The number of nitrogens with zero attached hydrogens (tertiary/aromatic N) is 1. The zero-order valence-corrected chi connectivity index (χ0v) is 21.1. The molecule has 4 aromatic rings. The number of benzene rings is 4. The topological polar surface area (TPSA) is 63.7 Å². The van der Waals surface area contributed by atoms with E-state index in [0.29, 0.717) is 11.4 Å². The fourth-order valence-electron chi connectivity index (χ4n) is 6.18. The highest BCUT2D eigenvalue weighted by molar-refractivity contribution is 9.10. The number of fused-ring (bicyclic) bond motifs is 7. The van der Waals surface area contributed by atoms with Crippen LogP contribution in [-0.4, -0.2) is 17.8 Å². The lowest BCUT2D eigenvalue weighted by Gasteiger charge is -2.38. The lowest BCUT2D eigenvalue weighted by atomic mass is 9.64. The fourth-order valence-corrected chi connectivity index (χ4v) is 6.44. The van der Waals surface area contributed by atoms with E-state index in [9.17, 15) is 14.4 Å². The molecule has 4 aromatic carbocycles. The molecule has 0 radical (unpaired) electrons. The Balaban J connectivity index is 1.47. The maximum Gasteiger partial charge on any atom is 0.319 e. The highest BCUT2D eigenvalue weighted by atomic mass is 79.9. The minimum absolute atomic E-state index is 0.294. The van der Waals surface area contributed by atoms with Crippen molar-refractivity contribution >= 4 is 55.7 Å². The molecular weight excluding hydrogens is 530 g/mol. The molecule has 0 spiro atoms. The van der Waals surface area contributed by atoms with Crippen LogP contribution in [-0.2, 0) is 14.4 Å². The van der Waals surface area contributed by atoms with Gasteiger partial charge in [-0.1, -0.05) is 82.7 Å². The SMILES string of the molecule is O=C1Oc2ccc3ccccc3c2C2=C[C@H](c3ccccc3)[C@@H]3C(=O)N(c4ccc(Br)cc4)C(=O)[C@H]3[C@@H]12. The monoisotopic (exact) mass is 549 g/mol. The fraction of sp³-hybridized carbons (Fsp3) is 0.129. The molecule has 3 aliphatic rings. The van der Waals surface area contributed by atoms with E-state index in [1.807, 2.05) is 72.8 Å². The number of rotatable bonds is 2. The molecule has 1 saturated heterocycles. The average molecular weight is 550 g/mol. The largest absolute Gasteiger partial charge is 0.425 e. The van der Waals surface area contributed by atoms with Crippen LogP contribution in [0.1, 0.15) is 17.0 Å². The Morgan fingerprint density at radius 1 is 0.730 bits per heavy atom. The van der Waals surface area contributed by atoms with Crippen molar-refractivity contribution in [1.82, 2.24) is 0 Å². The first-order valence-electron chi connectivity index (χ1n) is 12.2. The number of allylic oxidation sites excluding steroid dienone is 1. The van der Waals surface area contributed by atoms with Gasteiger partial charge in [-0.3, -0.25) is 14.4 Å². The Kier molecular flexibility index (Phi) is 4.95. The summed E-state index contributed by atoms with van der Waals surface area (Å²) in [7, 11) is 0. The van der Waals surface area contributed by atoms with Crippen LogP contribution in [0.15, 0.2) is 102 Å². The summed E-state index contributed by atoms with van der Waals surface area (Å²) in [4.78, 5) is 42.8. The quantitative estimate of drug-likeness (QED) is 0.171. The van der Waals surface area contributed by atoms with Crippen molar-refractivity contribution in [3.05, 3.63) is 113 Å². The minimum Gasteiger partial charge on any atom is -0.425 e. The van der Waals surface area contributed by atoms with Crippen molar-refractivity contribution in [3.63, 3.8) is 0 Å². The summed E-state index contributed by atoms with van der Waals surface area (Å²) < 4.78 is 6.68. The van der Waals surface area contributed by atoms with Crippen molar-refractivity contribution in [2.45, 2.75) is 5.92 Å². The van der Waals surface area contributed by atoms with E-state index >= 15 is 0 Å². The average Bonchev–Trinajstić information content (AvgIpc) is 3.19. The zero-order valence-electron chi connectivity index (χ0n) is 19.5. The number of carbonyl (C=O) groups is 3. The van der Waals surface area contributed by atoms with Crippen LogP contribution in [0.25, 0.3) is 16.3 Å². The number of halogens is 1. The Bertz CT molecular complexity index is 1640. The van der Waals surface area contributed by atoms with Crippen molar-refractivity contribution in [2.24, 2.45) is 17.8 Å². The smallest absolute Gasteiger partial charge is 0.319 e. The van der Waals surface area contributed by atoms with Gasteiger partial charge in [0.15, 0.2) is 0 Å². The van der Waals surface area contributed by atoms with Crippen LogP contribution in [0, 0.1) is 17.8 Å². The molecule has 1 fully saturated rings. The normalized spacial score (nSPS) is 24.3. The first-order chi connectivity index (χ1) is 18.0. The molecular formula is C31H20BrNO4.